The average Bonchev–Trinajstić information content (AvgIpc) is 3.96. The van der Waals surface area contributed by atoms with Crippen molar-refractivity contribution in [3.63, 3.8) is 0 Å². The number of benzene rings is 4. The van der Waals surface area contributed by atoms with Crippen LogP contribution in [0.1, 0.15) is 41.8 Å². The van der Waals surface area contributed by atoms with E-state index in [1.54, 1.807) is 0 Å². The van der Waals surface area contributed by atoms with E-state index in [-0.39, 0.29) is 33.0 Å². The Morgan fingerprint density at radius 1 is 0.470 bits per heavy atom. The minimum absolute atomic E-state index is 0.116. The minimum atomic E-state index is -1.17. The average molecular weight is 911 g/mol. The predicted molar refractivity (Wildman–Crippen MR) is 223 cm³/mol. The maximum absolute atomic E-state index is 12.9. The summed E-state index contributed by atoms with van der Waals surface area (Å²) in [4.78, 5) is 25.6. The molecule has 0 bridgehead atoms. The Labute approximate surface area is 380 Å². The highest BCUT2D eigenvalue weighted by molar-refractivity contribution is 5.63. The Kier molecular flexibility index (Phi) is 12.7. The van der Waals surface area contributed by atoms with Crippen molar-refractivity contribution in [2.75, 3.05) is 19.8 Å². The summed E-state index contributed by atoms with van der Waals surface area (Å²) in [6.45, 7) is 2.40. The lowest BCUT2D eigenvalue weighted by Crippen LogP contribution is -2.66. The van der Waals surface area contributed by atoms with E-state index in [1.807, 2.05) is 128 Å². The molecule has 7 heterocycles. The molecule has 4 aromatic carbocycles. The maximum atomic E-state index is 12.9. The Morgan fingerprint density at radius 3 is 1.45 bits per heavy atom. The summed E-state index contributed by atoms with van der Waals surface area (Å²) in [7, 11) is 0. The SMILES string of the molecule is C[C@@H]1OC(CO[C@@H]2OC3COC(c4ccccc4)O[C@@H]3[C@@H]3OC(=O)OC23)C(OCc2ccccc2)[C@H](O[C@@H]2OC3COC(c4ccccc4)O[C@@H]3[C@@H]3OC(=O)OC23)C1OCc1ccccc1. The van der Waals surface area contributed by atoms with Gasteiger partial charge in [0.1, 0.15) is 48.8 Å². The van der Waals surface area contributed by atoms with E-state index in [0.717, 1.165) is 22.3 Å². The van der Waals surface area contributed by atoms with Crippen LogP contribution in [0, 0.1) is 0 Å². The summed E-state index contributed by atoms with van der Waals surface area (Å²) < 4.78 is 94.7. The maximum Gasteiger partial charge on any atom is 0.509 e. The second-order valence-electron chi connectivity index (χ2n) is 17.1. The normalized spacial score (nSPS) is 38.0. The molecule has 7 fully saturated rings. The summed E-state index contributed by atoms with van der Waals surface area (Å²) in [6.07, 6.45) is -15.9. The van der Waals surface area contributed by atoms with Gasteiger partial charge in [-0.15, -0.1) is 0 Å². The van der Waals surface area contributed by atoms with E-state index in [0.29, 0.717) is 0 Å². The molecule has 348 valence electrons. The molecule has 0 spiro atoms. The molecule has 7 aliphatic rings. The fourth-order valence-electron chi connectivity index (χ4n) is 9.61. The highest BCUT2D eigenvalue weighted by Gasteiger charge is 2.61. The number of fused-ring (bicyclic) bond motifs is 6. The first-order valence-corrected chi connectivity index (χ1v) is 22.3. The molecule has 7 saturated heterocycles. The van der Waals surface area contributed by atoms with E-state index in [2.05, 4.69) is 0 Å². The molecule has 0 amide bonds. The van der Waals surface area contributed by atoms with E-state index < -0.39 is 117 Å². The van der Waals surface area contributed by atoms with Gasteiger partial charge < -0.3 is 71.1 Å². The van der Waals surface area contributed by atoms with Crippen LogP contribution < -0.4 is 0 Å². The molecule has 0 radical (unpaired) electrons. The summed E-state index contributed by atoms with van der Waals surface area (Å²) in [5, 5.41) is 0. The van der Waals surface area contributed by atoms with Gasteiger partial charge in [0.15, 0.2) is 49.6 Å². The molecule has 9 unspecified atom stereocenters. The highest BCUT2D eigenvalue weighted by Crippen LogP contribution is 2.43. The summed E-state index contributed by atoms with van der Waals surface area (Å²) in [5.41, 5.74) is 3.44. The Morgan fingerprint density at radius 2 is 0.924 bits per heavy atom. The number of ether oxygens (including phenoxy) is 15. The minimum Gasteiger partial charge on any atom is -0.424 e. The third-order valence-corrected chi connectivity index (χ3v) is 12.8. The Balaban J connectivity index is 0.864. The molecule has 0 aromatic heterocycles. The van der Waals surface area contributed by atoms with Crippen LogP contribution in [0.3, 0.4) is 0 Å². The lowest BCUT2D eigenvalue weighted by Gasteiger charge is -2.49. The zero-order chi connectivity index (χ0) is 44.6. The topological polar surface area (TPSA) is 173 Å². The van der Waals surface area contributed by atoms with Gasteiger partial charge in [0.25, 0.3) is 0 Å². The highest BCUT2D eigenvalue weighted by atomic mass is 16.8. The molecule has 7 aliphatic heterocycles. The lowest BCUT2D eigenvalue weighted by molar-refractivity contribution is -0.373. The van der Waals surface area contributed by atoms with Crippen LogP contribution in [-0.2, 0) is 84.3 Å². The molecular formula is C49H50O17. The van der Waals surface area contributed by atoms with E-state index in [1.165, 1.54) is 0 Å². The second-order valence-corrected chi connectivity index (χ2v) is 17.1. The monoisotopic (exact) mass is 910 g/mol. The van der Waals surface area contributed by atoms with Gasteiger partial charge in [-0.1, -0.05) is 121 Å². The van der Waals surface area contributed by atoms with Gasteiger partial charge in [-0.3, -0.25) is 0 Å². The van der Waals surface area contributed by atoms with Gasteiger partial charge in [0.2, 0.25) is 0 Å². The third-order valence-electron chi connectivity index (χ3n) is 12.8. The van der Waals surface area contributed by atoms with Gasteiger partial charge in [0, 0.05) is 11.1 Å². The predicted octanol–water partition coefficient (Wildman–Crippen LogP) is 5.83. The first-order valence-electron chi connectivity index (χ1n) is 22.3. The fraction of sp³-hybridized carbons (Fsp3) is 0.469. The van der Waals surface area contributed by atoms with Gasteiger partial charge in [-0.05, 0) is 18.1 Å². The number of carbonyl (C=O) groups excluding carboxylic acids is 2. The largest absolute Gasteiger partial charge is 0.509 e. The number of carbonyl (C=O) groups is 2. The molecule has 11 rings (SSSR count). The van der Waals surface area contributed by atoms with Gasteiger partial charge in [-0.25, -0.2) is 9.59 Å². The van der Waals surface area contributed by atoms with Crippen LogP contribution in [0.15, 0.2) is 121 Å². The molecule has 66 heavy (non-hydrogen) atoms. The van der Waals surface area contributed by atoms with E-state index in [9.17, 15) is 9.59 Å². The van der Waals surface area contributed by atoms with E-state index in [4.69, 9.17) is 71.1 Å². The number of hydrogen-bond donors (Lipinski definition) is 0. The standard InChI is InChI=1S/C49H50O17/c1-27-35(52-22-28-14-6-2-7-15-28)39(62-47-43-41(64-49(51)66-43)38-34(59-47)26-55-45(61-38)31-20-12-5-13-21-31)36(53-23-29-16-8-3-9-17-29)32(57-27)24-56-46-42-40(63-48(50)65-42)37-33(58-46)25-54-44(60-37)30-18-10-4-11-19-30/h2-21,27,32-47H,22-26H2,1H3/t27-,32?,33?,34?,35?,36?,37-,38-,39+,40-,41-,42?,43?,44?,45?,46+,47-/m0/s1. The van der Waals surface area contributed by atoms with Crippen molar-refractivity contribution in [2.45, 2.75) is 125 Å². The van der Waals surface area contributed by atoms with Crippen LogP contribution in [0.5, 0.6) is 0 Å². The third kappa shape index (κ3) is 9.05. The number of hydrogen-bond acceptors (Lipinski definition) is 17. The zero-order valence-electron chi connectivity index (χ0n) is 35.8. The fourth-order valence-corrected chi connectivity index (χ4v) is 9.61. The lowest BCUT2D eigenvalue weighted by atomic mass is 9.93. The molecule has 17 atom stereocenters. The van der Waals surface area contributed by atoms with Crippen molar-refractivity contribution >= 4 is 12.3 Å². The summed E-state index contributed by atoms with van der Waals surface area (Å²) >= 11 is 0. The molecular weight excluding hydrogens is 861 g/mol. The van der Waals surface area contributed by atoms with Crippen LogP contribution in [0.4, 0.5) is 9.59 Å². The van der Waals surface area contributed by atoms with Crippen LogP contribution in [-0.4, -0.2) is 124 Å². The van der Waals surface area contributed by atoms with Crippen molar-refractivity contribution in [1.82, 2.24) is 0 Å². The van der Waals surface area contributed by atoms with Crippen LogP contribution >= 0.6 is 0 Å². The van der Waals surface area contributed by atoms with E-state index >= 15 is 0 Å². The van der Waals surface area contributed by atoms with Crippen molar-refractivity contribution in [1.29, 1.82) is 0 Å². The van der Waals surface area contributed by atoms with Crippen molar-refractivity contribution in [3.8, 4) is 0 Å². The van der Waals surface area contributed by atoms with Crippen molar-refractivity contribution in [3.05, 3.63) is 144 Å². The van der Waals surface area contributed by atoms with Crippen LogP contribution in [0.2, 0.25) is 0 Å². The first kappa shape index (κ1) is 43.5. The van der Waals surface area contributed by atoms with Crippen molar-refractivity contribution in [2.24, 2.45) is 0 Å². The molecule has 0 saturated carbocycles. The quantitative estimate of drug-likeness (QED) is 0.147. The van der Waals surface area contributed by atoms with Gasteiger partial charge >= 0.3 is 12.3 Å². The summed E-state index contributed by atoms with van der Waals surface area (Å²) in [5.74, 6) is 0. The molecule has 4 aromatic rings. The van der Waals surface area contributed by atoms with Gasteiger partial charge in [0.05, 0.1) is 39.1 Å². The molecule has 0 aliphatic carbocycles. The Bertz CT molecular complexity index is 2240. The molecule has 0 N–H and O–H groups in total. The molecule has 17 nitrogen and oxygen atoms in total. The summed E-state index contributed by atoms with van der Waals surface area (Å²) in [6, 6.07) is 38.4. The zero-order valence-corrected chi connectivity index (χ0v) is 35.8. The van der Waals surface area contributed by atoms with Crippen LogP contribution in [0.25, 0.3) is 0 Å². The Hall–Kier alpha value is -5.02. The first-order chi connectivity index (χ1) is 32.4. The molecule has 17 heteroatoms. The second kappa shape index (κ2) is 19.3. The van der Waals surface area contributed by atoms with Gasteiger partial charge in [-0.2, -0.15) is 0 Å². The smallest absolute Gasteiger partial charge is 0.424 e. The number of rotatable bonds is 13. The van der Waals surface area contributed by atoms with Crippen molar-refractivity contribution < 1.29 is 80.6 Å².